The fourth-order valence-electron chi connectivity index (χ4n) is 3.71. The maximum atomic E-state index is 14.6. The van der Waals surface area contributed by atoms with Crippen LogP contribution in [0.1, 0.15) is 17.3 Å². The average Bonchev–Trinajstić information content (AvgIpc) is 2.79. The Bertz CT molecular complexity index is 1140. The summed E-state index contributed by atoms with van der Waals surface area (Å²) in [5.41, 5.74) is 0.743. The number of hydrogen-bond acceptors (Lipinski definition) is 7. The molecule has 1 N–H and O–H groups in total. The van der Waals surface area contributed by atoms with Gasteiger partial charge in [0.25, 0.3) is 0 Å². The summed E-state index contributed by atoms with van der Waals surface area (Å²) in [6.45, 7) is 1.92. The van der Waals surface area contributed by atoms with Gasteiger partial charge in [0.2, 0.25) is 0 Å². The van der Waals surface area contributed by atoms with E-state index < -0.39 is 29.5 Å². The fourth-order valence-corrected chi connectivity index (χ4v) is 4.96. The molecule has 0 spiro atoms. The Morgan fingerprint density at radius 2 is 2.00 bits per heavy atom. The molecule has 0 unspecified atom stereocenters. The third-order valence-corrected chi connectivity index (χ3v) is 6.58. The summed E-state index contributed by atoms with van der Waals surface area (Å²) in [5.74, 6) is -1.07. The summed E-state index contributed by atoms with van der Waals surface area (Å²) in [5, 5.41) is 3.06. The largest absolute Gasteiger partial charge is 0.466 e. The van der Waals surface area contributed by atoms with E-state index in [1.807, 2.05) is 11.8 Å². The molecular formula is C22H20ClF3N4O2S. The van der Waals surface area contributed by atoms with E-state index in [-0.39, 0.29) is 22.1 Å². The minimum Gasteiger partial charge on any atom is -0.466 e. The molecule has 1 aromatic carbocycles. The monoisotopic (exact) mass is 496 g/mol. The van der Waals surface area contributed by atoms with Crippen LogP contribution in [0.4, 0.5) is 13.2 Å². The summed E-state index contributed by atoms with van der Waals surface area (Å²) in [4.78, 5) is 23.3. The first-order valence-electron chi connectivity index (χ1n) is 10.1. The third kappa shape index (κ3) is 5.18. The summed E-state index contributed by atoms with van der Waals surface area (Å²) >= 11 is 8.14. The number of aliphatic imine (C=N–C) groups is 1. The van der Waals surface area contributed by atoms with E-state index in [0.29, 0.717) is 23.9 Å². The van der Waals surface area contributed by atoms with Crippen molar-refractivity contribution in [2.45, 2.75) is 6.04 Å². The first-order valence-corrected chi connectivity index (χ1v) is 11.6. The van der Waals surface area contributed by atoms with Crippen molar-refractivity contribution >= 4 is 35.2 Å². The van der Waals surface area contributed by atoms with E-state index in [0.717, 1.165) is 36.9 Å². The van der Waals surface area contributed by atoms with Gasteiger partial charge in [-0.05, 0) is 12.1 Å². The molecule has 4 rings (SSSR count). The van der Waals surface area contributed by atoms with E-state index in [4.69, 9.17) is 16.3 Å². The molecule has 0 bridgehead atoms. The number of thioether (sulfide) groups is 1. The molecule has 0 radical (unpaired) electrons. The minimum atomic E-state index is -1.01. The molecule has 1 saturated heterocycles. The van der Waals surface area contributed by atoms with Crippen molar-refractivity contribution < 1.29 is 22.7 Å². The number of hydrogen-bond donors (Lipinski definition) is 1. The molecule has 1 atom stereocenters. The van der Waals surface area contributed by atoms with Crippen LogP contribution < -0.4 is 5.32 Å². The highest BCUT2D eigenvalue weighted by Crippen LogP contribution is 2.36. The summed E-state index contributed by atoms with van der Waals surface area (Å²) in [6.07, 6.45) is 0.879. The molecular weight excluding hydrogens is 477 g/mol. The topological polar surface area (TPSA) is 66.8 Å². The van der Waals surface area contributed by atoms with Crippen LogP contribution in [0.2, 0.25) is 5.02 Å². The molecule has 0 saturated carbocycles. The summed E-state index contributed by atoms with van der Waals surface area (Å²) < 4.78 is 46.8. The zero-order chi connectivity index (χ0) is 23.5. The number of aromatic nitrogens is 1. The van der Waals surface area contributed by atoms with Gasteiger partial charge in [0, 0.05) is 53.5 Å². The summed E-state index contributed by atoms with van der Waals surface area (Å²) in [7, 11) is 1.24. The highest BCUT2D eigenvalue weighted by atomic mass is 35.5. The van der Waals surface area contributed by atoms with E-state index in [1.165, 1.54) is 19.2 Å². The molecule has 2 aromatic rings. The SMILES string of the molecule is COC(=O)C1=C(CN2CCSCC2)NC(c2ncc(F)cc2F)=N[C@H]1c1ccc(F)cc1Cl. The van der Waals surface area contributed by atoms with Crippen molar-refractivity contribution in [3.8, 4) is 0 Å². The van der Waals surface area contributed by atoms with Gasteiger partial charge < -0.3 is 10.1 Å². The predicted octanol–water partition coefficient (Wildman–Crippen LogP) is 3.72. The van der Waals surface area contributed by atoms with E-state index in [1.54, 1.807) is 0 Å². The van der Waals surface area contributed by atoms with E-state index >= 15 is 0 Å². The standard InChI is InChI=1S/C22H20ClF3N4O2S/c1-32-22(31)18-17(11-30-4-6-33-7-5-30)28-21(20-16(26)9-13(25)10-27-20)29-19(18)14-3-2-12(24)8-15(14)23/h2-3,8-10,19H,4-7,11H2,1H3,(H,28,29)/t19-/m0/s1. The van der Waals surface area contributed by atoms with Crippen LogP contribution in [-0.4, -0.2) is 59.9 Å². The van der Waals surface area contributed by atoms with Gasteiger partial charge in [-0.2, -0.15) is 11.8 Å². The lowest BCUT2D eigenvalue weighted by Gasteiger charge is -2.32. The number of amidine groups is 1. The van der Waals surface area contributed by atoms with Crippen molar-refractivity contribution in [2.24, 2.45) is 4.99 Å². The smallest absolute Gasteiger partial charge is 0.338 e. The summed E-state index contributed by atoms with van der Waals surface area (Å²) in [6, 6.07) is 3.42. The highest BCUT2D eigenvalue weighted by Gasteiger charge is 2.35. The molecule has 0 aliphatic carbocycles. The van der Waals surface area contributed by atoms with Gasteiger partial charge in [-0.25, -0.2) is 22.9 Å². The molecule has 1 aromatic heterocycles. The number of halogens is 4. The molecule has 33 heavy (non-hydrogen) atoms. The van der Waals surface area contributed by atoms with Gasteiger partial charge in [-0.1, -0.05) is 17.7 Å². The number of esters is 1. The van der Waals surface area contributed by atoms with Gasteiger partial charge in [-0.15, -0.1) is 0 Å². The number of pyridine rings is 1. The second-order valence-corrected chi connectivity index (χ2v) is 9.06. The Balaban J connectivity index is 1.85. The maximum Gasteiger partial charge on any atom is 0.338 e. The first kappa shape index (κ1) is 23.6. The molecule has 0 amide bonds. The highest BCUT2D eigenvalue weighted by molar-refractivity contribution is 7.99. The zero-order valence-electron chi connectivity index (χ0n) is 17.6. The second-order valence-electron chi connectivity index (χ2n) is 7.43. The van der Waals surface area contributed by atoms with Crippen LogP contribution in [0.5, 0.6) is 0 Å². The quantitative estimate of drug-likeness (QED) is 0.636. The Morgan fingerprint density at radius 3 is 2.67 bits per heavy atom. The van der Waals surface area contributed by atoms with Gasteiger partial charge in [0.05, 0.1) is 18.9 Å². The maximum absolute atomic E-state index is 14.6. The van der Waals surface area contributed by atoms with Crippen molar-refractivity contribution in [1.82, 2.24) is 15.2 Å². The lowest BCUT2D eigenvalue weighted by Crippen LogP contribution is -2.42. The van der Waals surface area contributed by atoms with Gasteiger partial charge in [0.15, 0.2) is 11.7 Å². The molecule has 2 aliphatic rings. The number of carbonyl (C=O) groups excluding carboxylic acids is 1. The van der Waals surface area contributed by atoms with Crippen LogP contribution in [0, 0.1) is 17.5 Å². The first-order chi connectivity index (χ1) is 15.9. The molecule has 1 fully saturated rings. The molecule has 3 heterocycles. The van der Waals surface area contributed by atoms with E-state index in [2.05, 4.69) is 20.2 Å². The fraction of sp³-hybridized carbons (Fsp3) is 0.318. The lowest BCUT2D eigenvalue weighted by atomic mass is 9.95. The van der Waals surface area contributed by atoms with E-state index in [9.17, 15) is 18.0 Å². The van der Waals surface area contributed by atoms with Crippen molar-refractivity contribution in [3.63, 3.8) is 0 Å². The molecule has 174 valence electrons. The normalized spacial score (nSPS) is 19.2. The number of nitrogens with one attached hydrogen (secondary N) is 1. The molecule has 2 aliphatic heterocycles. The van der Waals surface area contributed by atoms with Crippen molar-refractivity contribution in [3.05, 3.63) is 75.5 Å². The van der Waals surface area contributed by atoms with Crippen LogP contribution in [0.3, 0.4) is 0 Å². The molecule has 11 heteroatoms. The second kappa shape index (κ2) is 10.1. The Hall–Kier alpha value is -2.56. The van der Waals surface area contributed by atoms with Crippen LogP contribution in [0.25, 0.3) is 0 Å². The zero-order valence-corrected chi connectivity index (χ0v) is 19.2. The number of methoxy groups -OCH3 is 1. The Labute approximate surface area is 197 Å². The van der Waals surface area contributed by atoms with Crippen molar-refractivity contribution in [2.75, 3.05) is 38.2 Å². The number of ether oxygens (including phenoxy) is 1. The number of benzene rings is 1. The van der Waals surface area contributed by atoms with Gasteiger partial charge >= 0.3 is 5.97 Å². The Morgan fingerprint density at radius 1 is 1.24 bits per heavy atom. The lowest BCUT2D eigenvalue weighted by molar-refractivity contribution is -0.136. The van der Waals surface area contributed by atoms with Crippen LogP contribution in [-0.2, 0) is 9.53 Å². The Kier molecular flexibility index (Phi) is 7.26. The average molecular weight is 497 g/mol. The van der Waals surface area contributed by atoms with Crippen LogP contribution in [0.15, 0.2) is 46.7 Å². The number of nitrogens with zero attached hydrogens (tertiary/aromatic N) is 3. The third-order valence-electron chi connectivity index (χ3n) is 5.31. The predicted molar refractivity (Wildman–Crippen MR) is 121 cm³/mol. The minimum absolute atomic E-state index is 0.00642. The number of rotatable bonds is 5. The van der Waals surface area contributed by atoms with Crippen LogP contribution >= 0.6 is 23.4 Å². The van der Waals surface area contributed by atoms with Crippen molar-refractivity contribution in [1.29, 1.82) is 0 Å². The van der Waals surface area contributed by atoms with Gasteiger partial charge in [-0.3, -0.25) is 9.89 Å². The number of carbonyl (C=O) groups is 1. The van der Waals surface area contributed by atoms with Gasteiger partial charge in [0.1, 0.15) is 23.4 Å². The molecule has 6 nitrogen and oxygen atoms in total.